The minimum Gasteiger partial charge on any atom is -0.508 e. The van der Waals surface area contributed by atoms with Crippen molar-refractivity contribution in [3.8, 4) is 5.75 Å². The highest BCUT2D eigenvalue weighted by atomic mass is 35.5. The van der Waals surface area contributed by atoms with E-state index in [1.807, 2.05) is 0 Å². The lowest BCUT2D eigenvalue weighted by Gasteiger charge is -2.12. The van der Waals surface area contributed by atoms with Crippen molar-refractivity contribution in [3.63, 3.8) is 0 Å². The summed E-state index contributed by atoms with van der Waals surface area (Å²) in [5, 5.41) is 14.6. The molecule has 1 fully saturated rings. The van der Waals surface area contributed by atoms with Crippen molar-refractivity contribution in [1.82, 2.24) is 5.32 Å². The van der Waals surface area contributed by atoms with Crippen molar-refractivity contribution in [3.05, 3.63) is 23.2 Å². The number of rotatable bonds is 2. The lowest BCUT2D eigenvalue weighted by Crippen LogP contribution is -2.37. The molecule has 0 spiro atoms. The smallest absolute Gasteiger partial charge is 0.247 e. The van der Waals surface area contributed by atoms with Crippen LogP contribution in [0.3, 0.4) is 0 Å². The summed E-state index contributed by atoms with van der Waals surface area (Å²) in [6, 6.07) is 3.76. The second-order valence-corrected chi connectivity index (χ2v) is 4.22. The number of hydrogen-bond donors (Lipinski definition) is 3. The molecule has 0 aromatic heterocycles. The molecule has 1 unspecified atom stereocenters. The van der Waals surface area contributed by atoms with Crippen LogP contribution in [0.5, 0.6) is 5.75 Å². The van der Waals surface area contributed by atoms with Gasteiger partial charge in [-0.2, -0.15) is 0 Å². The molecule has 0 radical (unpaired) electrons. The fourth-order valence-corrected chi connectivity index (χ4v) is 1.86. The van der Waals surface area contributed by atoms with Crippen LogP contribution >= 0.6 is 11.6 Å². The van der Waals surface area contributed by atoms with E-state index >= 15 is 0 Å². The number of carbonyl (C=O) groups excluding carboxylic acids is 2. The molecule has 1 heterocycles. The number of hydrogen-bond acceptors (Lipinski definition) is 3. The summed E-state index contributed by atoms with van der Waals surface area (Å²) in [5.74, 6) is -0.396. The molecule has 0 aliphatic carbocycles. The van der Waals surface area contributed by atoms with Crippen LogP contribution < -0.4 is 10.6 Å². The quantitative estimate of drug-likeness (QED) is 0.696. The van der Waals surface area contributed by atoms with Gasteiger partial charge in [0.05, 0.1) is 10.7 Å². The van der Waals surface area contributed by atoms with E-state index in [4.69, 9.17) is 16.7 Å². The summed E-state index contributed by atoms with van der Waals surface area (Å²) < 4.78 is 0. The van der Waals surface area contributed by atoms with Gasteiger partial charge in [-0.3, -0.25) is 9.59 Å². The lowest BCUT2D eigenvalue weighted by atomic mass is 10.2. The summed E-state index contributed by atoms with van der Waals surface area (Å²) in [5.41, 5.74) is 0.413. The van der Waals surface area contributed by atoms with Gasteiger partial charge in [0.1, 0.15) is 11.8 Å². The first kappa shape index (κ1) is 11.7. The van der Waals surface area contributed by atoms with Crippen LogP contribution in [0.1, 0.15) is 12.8 Å². The van der Waals surface area contributed by atoms with Crippen molar-refractivity contribution < 1.29 is 14.7 Å². The average molecular weight is 255 g/mol. The van der Waals surface area contributed by atoms with Crippen molar-refractivity contribution >= 4 is 29.1 Å². The SMILES string of the molecule is O=C1CCC(C(=O)Nc2ccc(O)cc2Cl)N1. The van der Waals surface area contributed by atoms with Gasteiger partial charge in [-0.25, -0.2) is 0 Å². The van der Waals surface area contributed by atoms with Gasteiger partial charge in [0.2, 0.25) is 11.8 Å². The number of phenolic OH excluding ortho intramolecular Hbond substituents is 1. The number of phenols is 1. The summed E-state index contributed by atoms with van der Waals surface area (Å²) in [6.07, 6.45) is 0.849. The molecule has 1 aliphatic rings. The monoisotopic (exact) mass is 254 g/mol. The van der Waals surface area contributed by atoms with Gasteiger partial charge in [0, 0.05) is 12.5 Å². The number of nitrogens with one attached hydrogen (secondary N) is 2. The minimum atomic E-state index is -0.507. The van der Waals surface area contributed by atoms with Gasteiger partial charge in [-0.1, -0.05) is 11.6 Å². The van der Waals surface area contributed by atoms with E-state index in [9.17, 15) is 9.59 Å². The molecular weight excluding hydrogens is 244 g/mol. The van der Waals surface area contributed by atoms with Crippen LogP contribution in [-0.4, -0.2) is 23.0 Å². The Morgan fingerprint density at radius 2 is 2.29 bits per heavy atom. The van der Waals surface area contributed by atoms with Crippen molar-refractivity contribution in [2.45, 2.75) is 18.9 Å². The van der Waals surface area contributed by atoms with Gasteiger partial charge in [-0.15, -0.1) is 0 Å². The fraction of sp³-hybridized carbons (Fsp3) is 0.273. The Kier molecular flexibility index (Phi) is 3.19. The molecule has 1 aromatic rings. The Labute approximate surface area is 103 Å². The number of amides is 2. The summed E-state index contributed by atoms with van der Waals surface area (Å²) in [6.45, 7) is 0. The van der Waals surface area contributed by atoms with Crippen LogP contribution in [0, 0.1) is 0 Å². The molecule has 1 aromatic carbocycles. The number of anilines is 1. The van der Waals surface area contributed by atoms with Gasteiger partial charge in [0.15, 0.2) is 0 Å². The molecule has 2 rings (SSSR count). The first-order valence-corrected chi connectivity index (χ1v) is 5.53. The maximum absolute atomic E-state index is 11.8. The molecule has 1 aliphatic heterocycles. The predicted molar refractivity (Wildman–Crippen MR) is 62.9 cm³/mol. The third-order valence-electron chi connectivity index (χ3n) is 2.52. The van der Waals surface area contributed by atoms with Gasteiger partial charge in [-0.05, 0) is 18.6 Å². The molecule has 90 valence electrons. The Morgan fingerprint density at radius 1 is 1.53 bits per heavy atom. The molecule has 17 heavy (non-hydrogen) atoms. The van der Waals surface area contributed by atoms with Crippen molar-refractivity contribution in [2.24, 2.45) is 0 Å². The zero-order valence-corrected chi connectivity index (χ0v) is 9.62. The second kappa shape index (κ2) is 4.63. The Hall–Kier alpha value is -1.75. The number of halogens is 1. The summed E-state index contributed by atoms with van der Waals surface area (Å²) in [4.78, 5) is 22.7. The van der Waals surface area contributed by atoms with Gasteiger partial charge in [0.25, 0.3) is 0 Å². The van der Waals surface area contributed by atoms with E-state index in [0.717, 1.165) is 0 Å². The Morgan fingerprint density at radius 3 is 2.88 bits per heavy atom. The molecular formula is C11H11ClN2O3. The number of carbonyl (C=O) groups is 2. The molecule has 3 N–H and O–H groups in total. The highest BCUT2D eigenvalue weighted by Gasteiger charge is 2.27. The molecule has 0 saturated carbocycles. The van der Waals surface area contributed by atoms with E-state index in [2.05, 4.69) is 10.6 Å². The summed E-state index contributed by atoms with van der Waals surface area (Å²) in [7, 11) is 0. The zero-order chi connectivity index (χ0) is 12.4. The molecule has 6 heteroatoms. The Bertz CT molecular complexity index is 476. The third-order valence-corrected chi connectivity index (χ3v) is 2.84. The van der Waals surface area contributed by atoms with Crippen LogP contribution in [0.2, 0.25) is 5.02 Å². The maximum Gasteiger partial charge on any atom is 0.247 e. The second-order valence-electron chi connectivity index (χ2n) is 3.81. The van der Waals surface area contributed by atoms with Crippen LogP contribution in [0.4, 0.5) is 5.69 Å². The van der Waals surface area contributed by atoms with Crippen molar-refractivity contribution in [2.75, 3.05) is 5.32 Å². The summed E-state index contributed by atoms with van der Waals surface area (Å²) >= 11 is 5.85. The third kappa shape index (κ3) is 2.68. The lowest BCUT2D eigenvalue weighted by molar-refractivity contribution is -0.122. The molecule has 1 saturated heterocycles. The zero-order valence-electron chi connectivity index (χ0n) is 8.87. The van der Waals surface area contributed by atoms with E-state index in [1.165, 1.54) is 18.2 Å². The molecule has 0 bridgehead atoms. The van der Waals surface area contributed by atoms with Crippen molar-refractivity contribution in [1.29, 1.82) is 0 Å². The topological polar surface area (TPSA) is 78.4 Å². The van der Waals surface area contributed by atoms with Gasteiger partial charge >= 0.3 is 0 Å². The van der Waals surface area contributed by atoms with E-state index < -0.39 is 6.04 Å². The molecule has 1 atom stereocenters. The van der Waals surface area contributed by atoms with Crippen LogP contribution in [0.25, 0.3) is 0 Å². The first-order valence-electron chi connectivity index (χ1n) is 5.15. The standard InChI is InChI=1S/C11H11ClN2O3/c12-7-5-6(15)1-2-8(7)14-11(17)9-3-4-10(16)13-9/h1-2,5,9,15H,3-4H2,(H,13,16)(H,14,17). The maximum atomic E-state index is 11.8. The first-order chi connectivity index (χ1) is 8.06. The van der Waals surface area contributed by atoms with E-state index in [0.29, 0.717) is 18.5 Å². The fourth-order valence-electron chi connectivity index (χ4n) is 1.64. The minimum absolute atomic E-state index is 0.0298. The highest BCUT2D eigenvalue weighted by Crippen LogP contribution is 2.26. The van der Waals surface area contributed by atoms with E-state index in [1.54, 1.807) is 0 Å². The Balaban J connectivity index is 2.05. The normalized spacial score (nSPS) is 18.9. The molecule has 5 nitrogen and oxygen atoms in total. The highest BCUT2D eigenvalue weighted by molar-refractivity contribution is 6.33. The largest absolute Gasteiger partial charge is 0.508 e. The van der Waals surface area contributed by atoms with E-state index in [-0.39, 0.29) is 22.6 Å². The molecule has 2 amide bonds. The number of benzene rings is 1. The number of aromatic hydroxyl groups is 1. The average Bonchev–Trinajstić information content (AvgIpc) is 2.69. The van der Waals surface area contributed by atoms with Crippen LogP contribution in [-0.2, 0) is 9.59 Å². The van der Waals surface area contributed by atoms with Crippen LogP contribution in [0.15, 0.2) is 18.2 Å². The van der Waals surface area contributed by atoms with Gasteiger partial charge < -0.3 is 15.7 Å². The predicted octanol–water partition coefficient (Wildman–Crippen LogP) is 1.26.